The predicted molar refractivity (Wildman–Crippen MR) is 67.6 cm³/mol. The summed E-state index contributed by atoms with van der Waals surface area (Å²) in [5, 5.41) is 0. The number of hydrogen-bond donors (Lipinski definition) is 0. The lowest BCUT2D eigenvalue weighted by atomic mass is 10.1. The van der Waals surface area contributed by atoms with Crippen molar-refractivity contribution in [2.45, 2.75) is 26.7 Å². The van der Waals surface area contributed by atoms with Crippen LogP contribution in [0.5, 0.6) is 0 Å². The van der Waals surface area contributed by atoms with Crippen LogP contribution in [0.25, 0.3) is 0 Å². The van der Waals surface area contributed by atoms with Gasteiger partial charge in [0, 0.05) is 38.7 Å². The summed E-state index contributed by atoms with van der Waals surface area (Å²) in [7, 11) is 1.75. The highest BCUT2D eigenvalue weighted by atomic mass is 16.2. The highest BCUT2D eigenvalue weighted by Gasteiger charge is 2.24. The van der Waals surface area contributed by atoms with Crippen molar-refractivity contribution in [1.29, 1.82) is 0 Å². The molecule has 0 radical (unpaired) electrons. The average molecular weight is 252 g/mol. The molecule has 18 heavy (non-hydrogen) atoms. The monoisotopic (exact) mass is 252 g/mol. The van der Waals surface area contributed by atoms with E-state index in [0.717, 1.165) is 11.3 Å². The van der Waals surface area contributed by atoms with Gasteiger partial charge in [0.1, 0.15) is 0 Å². The van der Waals surface area contributed by atoms with E-state index < -0.39 is 0 Å². The van der Waals surface area contributed by atoms with Gasteiger partial charge in [-0.05, 0) is 5.92 Å². The van der Waals surface area contributed by atoms with E-state index in [0.29, 0.717) is 12.5 Å². The summed E-state index contributed by atoms with van der Waals surface area (Å²) in [4.78, 5) is 37.1. The number of rotatable bonds is 6. The summed E-state index contributed by atoms with van der Waals surface area (Å²) in [6.07, 6.45) is 3.67. The van der Waals surface area contributed by atoms with Crippen LogP contribution in [-0.4, -0.2) is 47.7 Å². The number of carbonyl (C=O) groups excluding carboxylic acids is 3. The number of imide groups is 1. The van der Waals surface area contributed by atoms with Crippen LogP contribution in [0.1, 0.15) is 26.7 Å². The normalized spacial score (nSPS) is 16.3. The molecule has 1 aliphatic rings. The number of hydrogen-bond acceptors (Lipinski definition) is 3. The zero-order chi connectivity index (χ0) is 13.7. The number of amides is 3. The largest absolute Gasteiger partial charge is 0.345 e. The van der Waals surface area contributed by atoms with Gasteiger partial charge in [-0.1, -0.05) is 20.3 Å². The van der Waals surface area contributed by atoms with Crippen LogP contribution in [0.3, 0.4) is 0 Å². The Labute approximate surface area is 107 Å². The first kappa shape index (κ1) is 14.4. The maximum absolute atomic E-state index is 11.8. The molecule has 0 spiro atoms. The van der Waals surface area contributed by atoms with E-state index >= 15 is 0 Å². The van der Waals surface area contributed by atoms with Crippen molar-refractivity contribution in [2.75, 3.05) is 20.1 Å². The van der Waals surface area contributed by atoms with E-state index in [9.17, 15) is 14.4 Å². The van der Waals surface area contributed by atoms with Crippen LogP contribution in [0.15, 0.2) is 12.2 Å². The number of carbonyl (C=O) groups is 3. The lowest BCUT2D eigenvalue weighted by molar-refractivity contribution is -0.138. The van der Waals surface area contributed by atoms with Crippen LogP contribution in [-0.2, 0) is 14.4 Å². The molecule has 0 N–H and O–H groups in total. The van der Waals surface area contributed by atoms with Crippen molar-refractivity contribution >= 4 is 17.7 Å². The Balaban J connectivity index is 2.37. The molecule has 1 rings (SSSR count). The Bertz CT molecular complexity index is 358. The molecule has 1 atom stereocenters. The average Bonchev–Trinajstić information content (AvgIpc) is 2.65. The van der Waals surface area contributed by atoms with Gasteiger partial charge in [0.25, 0.3) is 11.8 Å². The molecule has 1 unspecified atom stereocenters. The lowest BCUT2D eigenvalue weighted by Crippen LogP contribution is -2.36. The molecule has 0 aromatic rings. The molecular formula is C13H20N2O3. The quantitative estimate of drug-likeness (QED) is 0.657. The molecule has 0 aromatic heterocycles. The molecule has 100 valence electrons. The number of nitrogens with zero attached hydrogens (tertiary/aromatic N) is 2. The smallest absolute Gasteiger partial charge is 0.253 e. The molecule has 0 aromatic carbocycles. The predicted octanol–water partition coefficient (Wildman–Crippen LogP) is 0.806. The first-order valence-corrected chi connectivity index (χ1v) is 6.23. The summed E-state index contributed by atoms with van der Waals surface area (Å²) >= 11 is 0. The topological polar surface area (TPSA) is 57.7 Å². The summed E-state index contributed by atoms with van der Waals surface area (Å²) in [6, 6.07) is 0. The molecule has 0 saturated heterocycles. The maximum Gasteiger partial charge on any atom is 0.253 e. The summed E-state index contributed by atoms with van der Waals surface area (Å²) in [5.74, 6) is -0.256. The molecule has 0 saturated carbocycles. The zero-order valence-corrected chi connectivity index (χ0v) is 11.2. The first-order chi connectivity index (χ1) is 8.45. The maximum atomic E-state index is 11.8. The van der Waals surface area contributed by atoms with Crippen molar-refractivity contribution in [3.8, 4) is 0 Å². The van der Waals surface area contributed by atoms with Crippen LogP contribution in [0.2, 0.25) is 0 Å². The van der Waals surface area contributed by atoms with Gasteiger partial charge in [0.2, 0.25) is 5.91 Å². The van der Waals surface area contributed by atoms with Gasteiger partial charge in [0.15, 0.2) is 0 Å². The van der Waals surface area contributed by atoms with Crippen LogP contribution in [0.4, 0.5) is 0 Å². The molecule has 0 fully saturated rings. The van der Waals surface area contributed by atoms with Crippen LogP contribution < -0.4 is 0 Å². The van der Waals surface area contributed by atoms with Crippen molar-refractivity contribution in [3.05, 3.63) is 12.2 Å². The fourth-order valence-electron chi connectivity index (χ4n) is 1.75. The van der Waals surface area contributed by atoms with Gasteiger partial charge in [-0.3, -0.25) is 19.3 Å². The summed E-state index contributed by atoms with van der Waals surface area (Å²) < 4.78 is 0. The van der Waals surface area contributed by atoms with Gasteiger partial charge in [-0.15, -0.1) is 0 Å². The summed E-state index contributed by atoms with van der Waals surface area (Å²) in [6.45, 7) is 5.03. The van der Waals surface area contributed by atoms with Crippen molar-refractivity contribution in [2.24, 2.45) is 5.92 Å². The molecule has 1 heterocycles. The SMILES string of the molecule is CCC(C)CN(C)C(=O)CCN1C(=O)C=CC1=O. The zero-order valence-electron chi connectivity index (χ0n) is 11.2. The Kier molecular flexibility index (Phi) is 5.07. The third-order valence-electron chi connectivity index (χ3n) is 3.16. The van der Waals surface area contributed by atoms with Gasteiger partial charge in [-0.2, -0.15) is 0 Å². The van der Waals surface area contributed by atoms with E-state index in [1.54, 1.807) is 11.9 Å². The van der Waals surface area contributed by atoms with Crippen molar-refractivity contribution in [3.63, 3.8) is 0 Å². The van der Waals surface area contributed by atoms with E-state index in [1.165, 1.54) is 12.2 Å². The third-order valence-corrected chi connectivity index (χ3v) is 3.16. The second-order valence-corrected chi connectivity index (χ2v) is 4.70. The van der Waals surface area contributed by atoms with Gasteiger partial charge >= 0.3 is 0 Å². The van der Waals surface area contributed by atoms with E-state index in [4.69, 9.17) is 0 Å². The van der Waals surface area contributed by atoms with Gasteiger partial charge < -0.3 is 4.90 Å². The molecule has 5 nitrogen and oxygen atoms in total. The Morgan fingerprint density at radius 1 is 1.33 bits per heavy atom. The van der Waals surface area contributed by atoms with E-state index in [1.807, 2.05) is 0 Å². The lowest BCUT2D eigenvalue weighted by Gasteiger charge is -2.22. The summed E-state index contributed by atoms with van der Waals surface area (Å²) in [5.41, 5.74) is 0. The minimum absolute atomic E-state index is 0.0391. The molecule has 5 heteroatoms. The minimum Gasteiger partial charge on any atom is -0.345 e. The van der Waals surface area contributed by atoms with E-state index in [2.05, 4.69) is 13.8 Å². The fraction of sp³-hybridized carbons (Fsp3) is 0.615. The molecule has 1 aliphatic heterocycles. The third kappa shape index (κ3) is 3.68. The van der Waals surface area contributed by atoms with Gasteiger partial charge in [-0.25, -0.2) is 0 Å². The fourth-order valence-corrected chi connectivity index (χ4v) is 1.75. The Morgan fingerprint density at radius 2 is 1.89 bits per heavy atom. The molecule has 0 bridgehead atoms. The second-order valence-electron chi connectivity index (χ2n) is 4.70. The second kappa shape index (κ2) is 6.33. The van der Waals surface area contributed by atoms with Gasteiger partial charge in [0.05, 0.1) is 0 Å². The van der Waals surface area contributed by atoms with E-state index in [-0.39, 0.29) is 30.7 Å². The minimum atomic E-state index is -0.336. The molecule has 0 aliphatic carbocycles. The van der Waals surface area contributed by atoms with Crippen molar-refractivity contribution < 1.29 is 14.4 Å². The van der Waals surface area contributed by atoms with Crippen LogP contribution >= 0.6 is 0 Å². The van der Waals surface area contributed by atoms with Crippen LogP contribution in [0, 0.1) is 5.92 Å². The molecule has 3 amide bonds. The Hall–Kier alpha value is -1.65. The standard InChI is InChI=1S/C13H20N2O3/c1-4-10(2)9-14(3)11(16)7-8-15-12(17)5-6-13(15)18/h5-6,10H,4,7-9H2,1-3H3. The highest BCUT2D eigenvalue weighted by Crippen LogP contribution is 2.07. The Morgan fingerprint density at radius 3 is 2.39 bits per heavy atom. The highest BCUT2D eigenvalue weighted by molar-refractivity contribution is 6.13. The first-order valence-electron chi connectivity index (χ1n) is 6.23. The molecular weight excluding hydrogens is 232 g/mol. The van der Waals surface area contributed by atoms with Crippen molar-refractivity contribution in [1.82, 2.24) is 9.80 Å².